The number of sulfonamides is 1. The zero-order valence-corrected chi connectivity index (χ0v) is 20.5. The maximum atomic E-state index is 12.8. The number of aryl methyl sites for hydroxylation is 1. The summed E-state index contributed by atoms with van der Waals surface area (Å²) in [6.07, 6.45) is 0. The molecule has 32 heavy (non-hydrogen) atoms. The van der Waals surface area contributed by atoms with Gasteiger partial charge in [-0.2, -0.15) is 0 Å². The Morgan fingerprint density at radius 2 is 1.59 bits per heavy atom. The molecule has 0 saturated heterocycles. The van der Waals surface area contributed by atoms with Gasteiger partial charge in [-0.3, -0.25) is 9.10 Å². The van der Waals surface area contributed by atoms with Gasteiger partial charge in [0.25, 0.3) is 15.9 Å². The normalized spacial score (nSPS) is 12.1. The van der Waals surface area contributed by atoms with E-state index < -0.39 is 10.0 Å². The minimum absolute atomic E-state index is 0.141. The summed E-state index contributed by atoms with van der Waals surface area (Å²) in [4.78, 5) is 12.4. The van der Waals surface area contributed by atoms with Crippen LogP contribution in [0, 0.1) is 6.92 Å². The molecule has 1 amide bonds. The molecular weight excluding hydrogens is 492 g/mol. The molecule has 0 aliphatic carbocycles. The van der Waals surface area contributed by atoms with Crippen LogP contribution in [0.25, 0.3) is 0 Å². The highest BCUT2D eigenvalue weighted by atomic mass is 79.9. The molecule has 0 fully saturated rings. The highest BCUT2D eigenvalue weighted by molar-refractivity contribution is 9.10. The largest absolute Gasteiger partial charge is 0.484 e. The van der Waals surface area contributed by atoms with E-state index >= 15 is 0 Å². The van der Waals surface area contributed by atoms with Crippen LogP contribution >= 0.6 is 15.9 Å². The van der Waals surface area contributed by atoms with Crippen LogP contribution in [-0.2, 0) is 14.8 Å². The van der Waals surface area contributed by atoms with E-state index in [-0.39, 0.29) is 23.5 Å². The van der Waals surface area contributed by atoms with Gasteiger partial charge >= 0.3 is 0 Å². The van der Waals surface area contributed by atoms with E-state index in [4.69, 9.17) is 4.74 Å². The number of amides is 1. The van der Waals surface area contributed by atoms with Crippen LogP contribution in [0.4, 0.5) is 5.69 Å². The molecule has 0 saturated carbocycles. The predicted molar refractivity (Wildman–Crippen MR) is 129 cm³/mol. The van der Waals surface area contributed by atoms with E-state index in [0.29, 0.717) is 11.4 Å². The van der Waals surface area contributed by atoms with E-state index in [1.54, 1.807) is 48.5 Å². The van der Waals surface area contributed by atoms with Crippen molar-refractivity contribution in [2.75, 3.05) is 18.0 Å². The molecule has 6 nitrogen and oxygen atoms in total. The predicted octanol–water partition coefficient (Wildman–Crippen LogP) is 4.84. The van der Waals surface area contributed by atoms with Crippen LogP contribution in [0.2, 0.25) is 0 Å². The lowest BCUT2D eigenvalue weighted by Crippen LogP contribution is -2.31. The summed E-state index contributed by atoms with van der Waals surface area (Å²) >= 11 is 3.39. The van der Waals surface area contributed by atoms with E-state index in [0.717, 1.165) is 15.6 Å². The second-order valence-corrected chi connectivity index (χ2v) is 10.3. The van der Waals surface area contributed by atoms with Gasteiger partial charge in [0.15, 0.2) is 6.61 Å². The van der Waals surface area contributed by atoms with E-state index in [2.05, 4.69) is 21.2 Å². The van der Waals surface area contributed by atoms with Crippen LogP contribution in [0.15, 0.2) is 82.2 Å². The van der Waals surface area contributed by atoms with Crippen molar-refractivity contribution < 1.29 is 17.9 Å². The molecule has 1 atom stereocenters. The third kappa shape index (κ3) is 5.89. The van der Waals surface area contributed by atoms with Crippen LogP contribution in [0.3, 0.4) is 0 Å². The first-order chi connectivity index (χ1) is 15.2. The van der Waals surface area contributed by atoms with Gasteiger partial charge in [-0.1, -0.05) is 45.8 Å². The first-order valence-corrected chi connectivity index (χ1v) is 12.2. The molecule has 8 heteroatoms. The monoisotopic (exact) mass is 516 g/mol. The van der Waals surface area contributed by atoms with Gasteiger partial charge in [-0.05, 0) is 67.9 Å². The molecular formula is C24H25BrN2O4S. The number of ether oxygens (including phenoxy) is 1. The van der Waals surface area contributed by atoms with Crippen molar-refractivity contribution in [2.24, 2.45) is 0 Å². The molecule has 3 rings (SSSR count). The van der Waals surface area contributed by atoms with Gasteiger partial charge in [0, 0.05) is 11.5 Å². The Labute approximate surface area is 197 Å². The topological polar surface area (TPSA) is 75.7 Å². The molecule has 0 bridgehead atoms. The summed E-state index contributed by atoms with van der Waals surface area (Å²) in [6, 6.07) is 20.8. The van der Waals surface area contributed by atoms with Gasteiger partial charge in [0.05, 0.1) is 16.6 Å². The third-order valence-corrected chi connectivity index (χ3v) is 7.33. The van der Waals surface area contributed by atoms with E-state index in [1.165, 1.54) is 11.4 Å². The average Bonchev–Trinajstić information content (AvgIpc) is 2.78. The standard InChI is InChI=1S/C24H25BrN2O4S/c1-17-4-14-23(15-5-17)32(29,30)27(3)21-10-12-22(13-11-21)31-16-24(28)26-18(2)19-6-8-20(25)9-7-19/h4-15,18H,16H2,1-3H3,(H,26,28)/t18-/m1/s1. The number of halogens is 1. The summed E-state index contributed by atoms with van der Waals surface area (Å²) in [5.74, 6) is 0.227. The minimum atomic E-state index is -3.66. The first kappa shape index (κ1) is 23.8. The van der Waals surface area contributed by atoms with Gasteiger partial charge in [0.2, 0.25) is 0 Å². The zero-order chi connectivity index (χ0) is 23.3. The average molecular weight is 517 g/mol. The van der Waals surface area contributed by atoms with E-state index in [1.807, 2.05) is 38.1 Å². The molecule has 0 unspecified atom stereocenters. The smallest absolute Gasteiger partial charge is 0.264 e. The molecule has 3 aromatic carbocycles. The maximum absolute atomic E-state index is 12.8. The maximum Gasteiger partial charge on any atom is 0.264 e. The summed E-state index contributed by atoms with van der Waals surface area (Å²) in [7, 11) is -2.16. The number of rotatable bonds is 8. The van der Waals surface area contributed by atoms with Crippen molar-refractivity contribution in [3.63, 3.8) is 0 Å². The highest BCUT2D eigenvalue weighted by Crippen LogP contribution is 2.24. The molecule has 3 aromatic rings. The van der Waals surface area contributed by atoms with Gasteiger partial charge in [-0.25, -0.2) is 8.42 Å². The number of carbonyl (C=O) groups excluding carboxylic acids is 1. The van der Waals surface area contributed by atoms with Crippen LogP contribution in [0.1, 0.15) is 24.1 Å². The van der Waals surface area contributed by atoms with Gasteiger partial charge < -0.3 is 10.1 Å². The number of hydrogen-bond acceptors (Lipinski definition) is 4. The SMILES string of the molecule is Cc1ccc(S(=O)(=O)N(C)c2ccc(OCC(=O)N[C@H](C)c3ccc(Br)cc3)cc2)cc1. The fourth-order valence-electron chi connectivity index (χ4n) is 3.03. The molecule has 168 valence electrons. The Balaban J connectivity index is 1.57. The molecule has 0 aliphatic rings. The first-order valence-electron chi connectivity index (χ1n) is 10.00. The lowest BCUT2D eigenvalue weighted by atomic mass is 10.1. The number of hydrogen-bond donors (Lipinski definition) is 1. The lowest BCUT2D eigenvalue weighted by Gasteiger charge is -2.20. The molecule has 0 spiro atoms. The van der Waals surface area contributed by atoms with Gasteiger partial charge in [-0.15, -0.1) is 0 Å². The molecule has 0 heterocycles. The fraction of sp³-hybridized carbons (Fsp3) is 0.208. The Kier molecular flexibility index (Phi) is 7.58. The number of anilines is 1. The quantitative estimate of drug-likeness (QED) is 0.464. The number of benzene rings is 3. The Morgan fingerprint density at radius 1 is 1.00 bits per heavy atom. The van der Waals surface area contributed by atoms with Crippen molar-refractivity contribution in [2.45, 2.75) is 24.8 Å². The summed E-state index contributed by atoms with van der Waals surface area (Å²) < 4.78 is 33.4. The Hall–Kier alpha value is -2.84. The number of carbonyl (C=O) groups is 1. The Morgan fingerprint density at radius 3 is 2.19 bits per heavy atom. The van der Waals surface area contributed by atoms with Crippen molar-refractivity contribution in [3.8, 4) is 5.75 Å². The van der Waals surface area contributed by atoms with Crippen molar-refractivity contribution in [1.29, 1.82) is 0 Å². The Bertz CT molecular complexity index is 1160. The zero-order valence-electron chi connectivity index (χ0n) is 18.1. The molecule has 0 radical (unpaired) electrons. The van der Waals surface area contributed by atoms with E-state index in [9.17, 15) is 13.2 Å². The minimum Gasteiger partial charge on any atom is -0.484 e. The lowest BCUT2D eigenvalue weighted by molar-refractivity contribution is -0.123. The summed E-state index contributed by atoms with van der Waals surface area (Å²) in [5, 5.41) is 2.89. The van der Waals surface area contributed by atoms with Crippen molar-refractivity contribution in [3.05, 3.63) is 88.4 Å². The van der Waals surface area contributed by atoms with Crippen LogP contribution in [-0.4, -0.2) is 28.0 Å². The highest BCUT2D eigenvalue weighted by Gasteiger charge is 2.21. The fourth-order valence-corrected chi connectivity index (χ4v) is 4.49. The van der Waals surface area contributed by atoms with Crippen LogP contribution < -0.4 is 14.4 Å². The summed E-state index contributed by atoms with van der Waals surface area (Å²) in [6.45, 7) is 3.67. The van der Waals surface area contributed by atoms with Gasteiger partial charge in [0.1, 0.15) is 5.75 Å². The molecule has 0 aliphatic heterocycles. The molecule has 0 aromatic heterocycles. The number of nitrogens with zero attached hydrogens (tertiary/aromatic N) is 1. The van der Waals surface area contributed by atoms with Crippen molar-refractivity contribution in [1.82, 2.24) is 5.32 Å². The summed E-state index contributed by atoms with van der Waals surface area (Å²) in [5.41, 5.74) is 2.47. The third-order valence-electron chi connectivity index (χ3n) is 5.00. The number of nitrogens with one attached hydrogen (secondary N) is 1. The van der Waals surface area contributed by atoms with Crippen LogP contribution in [0.5, 0.6) is 5.75 Å². The second-order valence-electron chi connectivity index (χ2n) is 7.41. The van der Waals surface area contributed by atoms with Crippen molar-refractivity contribution >= 4 is 37.5 Å². The second kappa shape index (κ2) is 10.2. The molecule has 1 N–H and O–H groups in total.